The van der Waals surface area contributed by atoms with Crippen molar-refractivity contribution in [2.24, 2.45) is 0 Å². The number of halogens is 2. The summed E-state index contributed by atoms with van der Waals surface area (Å²) >= 11 is 1.26. The van der Waals surface area contributed by atoms with Crippen LogP contribution < -0.4 is 20.3 Å². The standard InChI is InChI=1S/C36H33F2N3O7S/c37-25-10-6-23(7-11-25)30(42)21-49-34-33(41(35(34)45)27-14-12-26(38)13-15-27)24-8-16-28(17-9-24)48-20-32(44)39-19-31(43)40-29(36(46)47)18-22-4-2-1-3-5-22/h1-17,29-30,33-34,42H,18-21H2,(H,39,44)(H,40,43)(H,46,47)/t29-,30?,33-,34-/m1/s1. The zero-order valence-corrected chi connectivity index (χ0v) is 26.8. The number of carboxylic acids is 1. The molecule has 4 N–H and O–H groups in total. The molecule has 1 aliphatic heterocycles. The lowest BCUT2D eigenvalue weighted by Crippen LogP contribution is -2.57. The Balaban J connectivity index is 1.16. The molecule has 5 rings (SSSR count). The second-order valence-corrected chi connectivity index (χ2v) is 12.4. The van der Waals surface area contributed by atoms with Gasteiger partial charge in [0.15, 0.2) is 6.61 Å². The number of hydrogen-bond donors (Lipinski definition) is 4. The molecule has 4 aromatic rings. The number of aliphatic carboxylic acids is 1. The first-order valence-corrected chi connectivity index (χ1v) is 16.3. The van der Waals surface area contributed by atoms with Crippen LogP contribution in [0.4, 0.5) is 14.5 Å². The normalized spacial score (nSPS) is 16.6. The molecule has 0 aromatic heterocycles. The van der Waals surface area contributed by atoms with Gasteiger partial charge >= 0.3 is 5.97 Å². The summed E-state index contributed by atoms with van der Waals surface area (Å²) < 4.78 is 32.5. The summed E-state index contributed by atoms with van der Waals surface area (Å²) in [5.41, 5.74) is 2.49. The van der Waals surface area contributed by atoms with Gasteiger partial charge in [-0.3, -0.25) is 14.4 Å². The Bertz CT molecular complexity index is 1760. The van der Waals surface area contributed by atoms with E-state index in [-0.39, 0.29) is 18.1 Å². The number of ether oxygens (including phenoxy) is 1. The van der Waals surface area contributed by atoms with Gasteiger partial charge in [0.2, 0.25) is 11.8 Å². The van der Waals surface area contributed by atoms with Gasteiger partial charge in [0.05, 0.1) is 18.7 Å². The predicted molar refractivity (Wildman–Crippen MR) is 179 cm³/mol. The average Bonchev–Trinajstić information content (AvgIpc) is 3.10. The summed E-state index contributed by atoms with van der Waals surface area (Å²) in [4.78, 5) is 51.1. The van der Waals surface area contributed by atoms with Crippen LogP contribution >= 0.6 is 11.8 Å². The third-order valence-corrected chi connectivity index (χ3v) is 9.12. The highest BCUT2D eigenvalue weighted by molar-refractivity contribution is 8.00. The van der Waals surface area contributed by atoms with Crippen LogP contribution in [0.25, 0.3) is 0 Å². The maximum absolute atomic E-state index is 13.6. The predicted octanol–water partition coefficient (Wildman–Crippen LogP) is 4.20. The smallest absolute Gasteiger partial charge is 0.326 e. The second kappa shape index (κ2) is 16.2. The number of rotatable bonds is 15. The van der Waals surface area contributed by atoms with Crippen LogP contribution in [0, 0.1) is 11.6 Å². The summed E-state index contributed by atoms with van der Waals surface area (Å²) in [5.74, 6) is -3.04. The van der Waals surface area contributed by atoms with E-state index in [4.69, 9.17) is 4.74 Å². The maximum Gasteiger partial charge on any atom is 0.326 e. The molecule has 4 atom stereocenters. The molecule has 0 radical (unpaired) electrons. The molecule has 1 fully saturated rings. The molecule has 0 spiro atoms. The van der Waals surface area contributed by atoms with Crippen LogP contribution in [-0.2, 0) is 25.6 Å². The summed E-state index contributed by atoms with van der Waals surface area (Å²) in [6.07, 6.45) is -0.844. The highest BCUT2D eigenvalue weighted by atomic mass is 32.2. The number of thioether (sulfide) groups is 1. The zero-order chi connectivity index (χ0) is 34.9. The molecule has 1 unspecified atom stereocenters. The van der Waals surface area contributed by atoms with Crippen molar-refractivity contribution >= 4 is 41.1 Å². The van der Waals surface area contributed by atoms with Gasteiger partial charge in [0.25, 0.3) is 5.91 Å². The lowest BCUT2D eigenvalue weighted by molar-refractivity contribution is -0.141. The number of amides is 3. The van der Waals surface area contributed by atoms with Crippen LogP contribution in [-0.4, -0.2) is 64.1 Å². The van der Waals surface area contributed by atoms with Gasteiger partial charge in [0, 0.05) is 17.9 Å². The Morgan fingerprint density at radius 3 is 2.12 bits per heavy atom. The molecule has 254 valence electrons. The van der Waals surface area contributed by atoms with Gasteiger partial charge in [-0.15, -0.1) is 11.8 Å². The van der Waals surface area contributed by atoms with Crippen LogP contribution in [0.2, 0.25) is 0 Å². The van der Waals surface area contributed by atoms with Gasteiger partial charge in [-0.2, -0.15) is 0 Å². The minimum absolute atomic E-state index is 0.0863. The highest BCUT2D eigenvalue weighted by Gasteiger charge is 2.49. The van der Waals surface area contributed by atoms with E-state index >= 15 is 0 Å². The van der Waals surface area contributed by atoms with Gasteiger partial charge in [0.1, 0.15) is 28.7 Å². The minimum Gasteiger partial charge on any atom is -0.484 e. The van der Waals surface area contributed by atoms with Crippen LogP contribution in [0.15, 0.2) is 103 Å². The Hall–Kier alpha value is -5.27. The average molecular weight is 690 g/mol. The van der Waals surface area contributed by atoms with Crippen LogP contribution in [0.1, 0.15) is 28.8 Å². The summed E-state index contributed by atoms with van der Waals surface area (Å²) in [6, 6.07) is 25.0. The number of nitrogens with zero attached hydrogens (tertiary/aromatic N) is 1. The molecule has 1 heterocycles. The van der Waals surface area contributed by atoms with Gasteiger partial charge < -0.3 is 30.5 Å². The van der Waals surface area contributed by atoms with Crippen molar-refractivity contribution in [3.8, 4) is 5.75 Å². The first-order valence-electron chi connectivity index (χ1n) is 15.3. The SMILES string of the molecule is O=C(COc1ccc([C@@H]2[C@@H](SCC(O)c3ccc(F)cc3)C(=O)N2c2ccc(F)cc2)cc1)NCC(=O)N[C@H](Cc1ccccc1)C(=O)O. The molecule has 1 saturated heterocycles. The molecule has 49 heavy (non-hydrogen) atoms. The van der Waals surface area contributed by atoms with Crippen molar-refractivity contribution in [1.29, 1.82) is 0 Å². The number of benzene rings is 4. The number of carbonyl (C=O) groups is 4. The molecule has 0 bridgehead atoms. The fourth-order valence-electron chi connectivity index (χ4n) is 5.25. The zero-order valence-electron chi connectivity index (χ0n) is 26.0. The molecular weight excluding hydrogens is 656 g/mol. The van der Waals surface area contributed by atoms with Crippen molar-refractivity contribution in [2.75, 3.05) is 23.8 Å². The Labute approximate surface area is 285 Å². The Morgan fingerprint density at radius 1 is 0.857 bits per heavy atom. The number of carbonyl (C=O) groups excluding carboxylic acids is 3. The lowest BCUT2D eigenvalue weighted by Gasteiger charge is -2.47. The maximum atomic E-state index is 13.6. The molecule has 0 saturated carbocycles. The van der Waals surface area contributed by atoms with E-state index in [1.165, 1.54) is 60.3 Å². The highest BCUT2D eigenvalue weighted by Crippen LogP contribution is 2.46. The molecule has 13 heteroatoms. The van der Waals surface area contributed by atoms with E-state index in [1.807, 2.05) is 0 Å². The fraction of sp³-hybridized carbons (Fsp3) is 0.222. The van der Waals surface area contributed by atoms with Crippen LogP contribution in [0.5, 0.6) is 5.75 Å². The topological polar surface area (TPSA) is 145 Å². The first-order chi connectivity index (χ1) is 23.6. The number of carboxylic acid groups (broad SMARTS) is 1. The van der Waals surface area contributed by atoms with Crippen molar-refractivity contribution in [3.63, 3.8) is 0 Å². The number of aliphatic hydroxyl groups is 1. The number of hydrogen-bond acceptors (Lipinski definition) is 7. The van der Waals surface area contributed by atoms with E-state index < -0.39 is 66.0 Å². The van der Waals surface area contributed by atoms with E-state index in [0.29, 0.717) is 17.0 Å². The molecular formula is C36H33F2N3O7S. The number of aliphatic hydroxyl groups excluding tert-OH is 1. The van der Waals surface area contributed by atoms with Crippen molar-refractivity contribution < 1.29 is 42.9 Å². The number of β-lactam (4-membered cyclic amide) rings is 1. The number of anilines is 1. The first kappa shape index (κ1) is 35.0. The van der Waals surface area contributed by atoms with E-state index in [0.717, 1.165) is 11.1 Å². The summed E-state index contributed by atoms with van der Waals surface area (Å²) in [7, 11) is 0. The summed E-state index contributed by atoms with van der Waals surface area (Å²) in [6.45, 7) is -0.855. The van der Waals surface area contributed by atoms with Crippen molar-refractivity contribution in [2.45, 2.75) is 29.9 Å². The monoisotopic (exact) mass is 689 g/mol. The quantitative estimate of drug-likeness (QED) is 0.136. The molecule has 3 amide bonds. The van der Waals surface area contributed by atoms with E-state index in [1.54, 1.807) is 59.5 Å². The van der Waals surface area contributed by atoms with E-state index in [9.17, 15) is 38.2 Å². The Morgan fingerprint density at radius 2 is 1.49 bits per heavy atom. The van der Waals surface area contributed by atoms with Crippen molar-refractivity contribution in [1.82, 2.24) is 10.6 Å². The van der Waals surface area contributed by atoms with Crippen molar-refractivity contribution in [3.05, 3.63) is 131 Å². The summed E-state index contributed by atoms with van der Waals surface area (Å²) in [5, 5.41) is 24.4. The third-order valence-electron chi connectivity index (χ3n) is 7.79. The fourth-order valence-corrected chi connectivity index (χ4v) is 6.55. The minimum atomic E-state index is -1.20. The third kappa shape index (κ3) is 9.21. The molecule has 0 aliphatic carbocycles. The number of nitrogens with one attached hydrogen (secondary N) is 2. The Kier molecular flexibility index (Phi) is 11.6. The van der Waals surface area contributed by atoms with E-state index in [2.05, 4.69) is 10.6 Å². The van der Waals surface area contributed by atoms with Gasteiger partial charge in [-0.1, -0.05) is 54.6 Å². The van der Waals surface area contributed by atoms with Crippen LogP contribution in [0.3, 0.4) is 0 Å². The lowest BCUT2D eigenvalue weighted by atomic mass is 9.92. The second-order valence-electron chi connectivity index (χ2n) is 11.2. The molecule has 10 nitrogen and oxygen atoms in total. The largest absolute Gasteiger partial charge is 0.484 e. The van der Waals surface area contributed by atoms with Gasteiger partial charge in [-0.05, 0) is 65.2 Å². The van der Waals surface area contributed by atoms with Gasteiger partial charge in [-0.25, -0.2) is 13.6 Å². The molecule has 1 aliphatic rings. The molecule has 4 aromatic carbocycles.